The Labute approximate surface area is 134 Å². The number of carbonyl (C=O) groups is 2. The summed E-state index contributed by atoms with van der Waals surface area (Å²) in [5.41, 5.74) is 4.55. The van der Waals surface area contributed by atoms with E-state index in [1.54, 1.807) is 6.92 Å². The van der Waals surface area contributed by atoms with Crippen molar-refractivity contribution < 1.29 is 9.59 Å². The summed E-state index contributed by atoms with van der Waals surface area (Å²) in [7, 11) is 0. The fraction of sp³-hybridized carbons (Fsp3) is 0.158. The SMILES string of the molecule is Cc1cccc(C)c1NC(=O)C(=O)c1c(C)[nH]c2ccccc12. The molecule has 116 valence electrons. The van der Waals surface area contributed by atoms with Gasteiger partial charge in [-0.2, -0.15) is 0 Å². The maximum absolute atomic E-state index is 12.6. The normalized spacial score (nSPS) is 10.7. The standard InChI is InChI=1S/C19H18N2O2/c1-11-7-6-8-12(2)17(11)21-19(23)18(22)16-13(3)20-15-10-5-4-9-14(15)16/h4-10,20H,1-3H3,(H,21,23). The van der Waals surface area contributed by atoms with Crippen LogP contribution in [-0.2, 0) is 4.79 Å². The molecule has 23 heavy (non-hydrogen) atoms. The minimum atomic E-state index is -0.616. The molecule has 3 aromatic rings. The number of benzene rings is 2. The van der Waals surface area contributed by atoms with Gasteiger partial charge >= 0.3 is 0 Å². The van der Waals surface area contributed by atoms with Crippen molar-refractivity contribution in [3.63, 3.8) is 0 Å². The quantitative estimate of drug-likeness (QED) is 0.569. The highest BCUT2D eigenvalue weighted by atomic mass is 16.2. The molecule has 0 saturated heterocycles. The zero-order valence-corrected chi connectivity index (χ0v) is 13.4. The second-order valence-corrected chi connectivity index (χ2v) is 5.72. The summed E-state index contributed by atoms with van der Waals surface area (Å²) in [5.74, 6) is -1.14. The van der Waals surface area contributed by atoms with Crippen LogP contribution in [0.1, 0.15) is 27.2 Å². The molecule has 4 heteroatoms. The van der Waals surface area contributed by atoms with Gasteiger partial charge in [-0.1, -0.05) is 36.4 Å². The Morgan fingerprint density at radius 3 is 2.26 bits per heavy atom. The van der Waals surface area contributed by atoms with Crippen LogP contribution in [0.5, 0.6) is 0 Å². The summed E-state index contributed by atoms with van der Waals surface area (Å²) in [6.07, 6.45) is 0. The van der Waals surface area contributed by atoms with Crippen LogP contribution in [0.3, 0.4) is 0 Å². The Morgan fingerprint density at radius 1 is 0.913 bits per heavy atom. The van der Waals surface area contributed by atoms with E-state index in [1.165, 1.54) is 0 Å². The molecule has 0 spiro atoms. The number of hydrogen-bond acceptors (Lipinski definition) is 2. The number of hydrogen-bond donors (Lipinski definition) is 2. The van der Waals surface area contributed by atoms with E-state index in [0.29, 0.717) is 16.9 Å². The fourth-order valence-electron chi connectivity index (χ4n) is 2.86. The van der Waals surface area contributed by atoms with Crippen LogP contribution in [0.2, 0.25) is 0 Å². The Balaban J connectivity index is 1.96. The van der Waals surface area contributed by atoms with E-state index < -0.39 is 11.7 Å². The fourth-order valence-corrected chi connectivity index (χ4v) is 2.86. The molecule has 3 rings (SSSR count). The number of nitrogens with one attached hydrogen (secondary N) is 2. The lowest BCUT2D eigenvalue weighted by molar-refractivity contribution is -0.112. The van der Waals surface area contributed by atoms with Gasteiger partial charge in [-0.05, 0) is 38.0 Å². The summed E-state index contributed by atoms with van der Waals surface area (Å²) in [6.45, 7) is 5.62. The summed E-state index contributed by atoms with van der Waals surface area (Å²) in [4.78, 5) is 28.2. The molecule has 0 fully saturated rings. The lowest BCUT2D eigenvalue weighted by Crippen LogP contribution is -2.24. The summed E-state index contributed by atoms with van der Waals surface area (Å²) in [6, 6.07) is 13.2. The van der Waals surface area contributed by atoms with E-state index in [4.69, 9.17) is 0 Å². The number of aryl methyl sites for hydroxylation is 3. The topological polar surface area (TPSA) is 62.0 Å². The number of fused-ring (bicyclic) bond motifs is 1. The molecular formula is C19H18N2O2. The molecule has 2 N–H and O–H groups in total. The maximum Gasteiger partial charge on any atom is 0.296 e. The lowest BCUT2D eigenvalue weighted by atomic mass is 10.0. The average molecular weight is 306 g/mol. The zero-order chi connectivity index (χ0) is 16.6. The summed E-state index contributed by atoms with van der Waals surface area (Å²) in [5, 5.41) is 3.53. The third kappa shape index (κ3) is 2.63. The van der Waals surface area contributed by atoms with Gasteiger partial charge in [0.1, 0.15) is 0 Å². The number of ketones is 1. The second-order valence-electron chi connectivity index (χ2n) is 5.72. The average Bonchev–Trinajstić information content (AvgIpc) is 2.86. The number of H-pyrrole nitrogens is 1. The number of rotatable bonds is 3. The minimum absolute atomic E-state index is 0.435. The molecule has 1 heterocycles. The van der Waals surface area contributed by atoms with Crippen LogP contribution in [-0.4, -0.2) is 16.7 Å². The van der Waals surface area contributed by atoms with Crippen LogP contribution in [0.25, 0.3) is 10.9 Å². The molecule has 0 saturated carbocycles. The molecule has 0 aliphatic rings. The molecular weight excluding hydrogens is 288 g/mol. The number of carbonyl (C=O) groups excluding carboxylic acids is 2. The molecule has 1 aromatic heterocycles. The minimum Gasteiger partial charge on any atom is -0.358 e. The first-order chi connectivity index (χ1) is 11.0. The lowest BCUT2D eigenvalue weighted by Gasteiger charge is -2.10. The second kappa shape index (κ2) is 5.72. The van der Waals surface area contributed by atoms with Gasteiger partial charge in [0.2, 0.25) is 0 Å². The van der Waals surface area contributed by atoms with Crippen LogP contribution in [0, 0.1) is 20.8 Å². The van der Waals surface area contributed by atoms with Gasteiger partial charge < -0.3 is 10.3 Å². The van der Waals surface area contributed by atoms with Crippen molar-refractivity contribution >= 4 is 28.3 Å². The molecule has 4 nitrogen and oxygen atoms in total. The number of aromatic amines is 1. The van der Waals surface area contributed by atoms with Crippen molar-refractivity contribution in [1.29, 1.82) is 0 Å². The largest absolute Gasteiger partial charge is 0.358 e. The highest BCUT2D eigenvalue weighted by Gasteiger charge is 2.23. The first-order valence-corrected chi connectivity index (χ1v) is 7.48. The first-order valence-electron chi connectivity index (χ1n) is 7.48. The van der Waals surface area contributed by atoms with Gasteiger partial charge in [-0.15, -0.1) is 0 Å². The number of Topliss-reactive ketones (excluding diaryl/α,β-unsaturated/α-hetero) is 1. The number of para-hydroxylation sites is 2. The van der Waals surface area contributed by atoms with Crippen LogP contribution >= 0.6 is 0 Å². The van der Waals surface area contributed by atoms with E-state index >= 15 is 0 Å². The molecule has 0 atom stereocenters. The van der Waals surface area contributed by atoms with Gasteiger partial charge in [-0.25, -0.2) is 0 Å². The van der Waals surface area contributed by atoms with Gasteiger partial charge in [0, 0.05) is 22.3 Å². The first kappa shape index (κ1) is 15.0. The predicted octanol–water partition coefficient (Wildman–Crippen LogP) is 3.91. The molecule has 0 unspecified atom stereocenters. The van der Waals surface area contributed by atoms with E-state index in [1.807, 2.05) is 56.3 Å². The Bertz CT molecular complexity index is 902. The number of anilines is 1. The highest BCUT2D eigenvalue weighted by molar-refractivity contribution is 6.48. The van der Waals surface area contributed by atoms with E-state index in [2.05, 4.69) is 10.3 Å². The maximum atomic E-state index is 12.6. The van der Waals surface area contributed by atoms with Gasteiger partial charge in [0.05, 0.1) is 5.56 Å². The van der Waals surface area contributed by atoms with Gasteiger partial charge in [0.25, 0.3) is 11.7 Å². The number of aromatic nitrogens is 1. The Morgan fingerprint density at radius 2 is 1.57 bits per heavy atom. The third-order valence-electron chi connectivity index (χ3n) is 4.05. The predicted molar refractivity (Wildman–Crippen MR) is 91.9 cm³/mol. The van der Waals surface area contributed by atoms with E-state index in [9.17, 15) is 9.59 Å². The number of amides is 1. The van der Waals surface area contributed by atoms with E-state index in [-0.39, 0.29) is 0 Å². The zero-order valence-electron chi connectivity index (χ0n) is 13.4. The molecule has 0 aliphatic carbocycles. The summed E-state index contributed by atoms with van der Waals surface area (Å²) >= 11 is 0. The van der Waals surface area contributed by atoms with Crippen molar-refractivity contribution in [2.24, 2.45) is 0 Å². The van der Waals surface area contributed by atoms with Gasteiger partial charge in [-0.3, -0.25) is 9.59 Å². The van der Waals surface area contributed by atoms with Crippen molar-refractivity contribution in [2.75, 3.05) is 5.32 Å². The molecule has 0 bridgehead atoms. The third-order valence-corrected chi connectivity index (χ3v) is 4.05. The Kier molecular flexibility index (Phi) is 3.74. The van der Waals surface area contributed by atoms with Crippen LogP contribution < -0.4 is 5.32 Å². The smallest absolute Gasteiger partial charge is 0.296 e. The van der Waals surface area contributed by atoms with Crippen molar-refractivity contribution in [3.8, 4) is 0 Å². The molecule has 0 aliphatic heterocycles. The van der Waals surface area contributed by atoms with Crippen molar-refractivity contribution in [1.82, 2.24) is 4.98 Å². The molecule has 2 aromatic carbocycles. The van der Waals surface area contributed by atoms with Gasteiger partial charge in [0.15, 0.2) is 0 Å². The van der Waals surface area contributed by atoms with Crippen LogP contribution in [0.15, 0.2) is 42.5 Å². The highest BCUT2D eigenvalue weighted by Crippen LogP contribution is 2.24. The van der Waals surface area contributed by atoms with Crippen molar-refractivity contribution in [3.05, 3.63) is 64.8 Å². The summed E-state index contributed by atoms with van der Waals surface area (Å²) < 4.78 is 0. The molecule has 0 radical (unpaired) electrons. The van der Waals surface area contributed by atoms with Crippen molar-refractivity contribution in [2.45, 2.75) is 20.8 Å². The molecule has 1 amide bonds. The van der Waals surface area contributed by atoms with Crippen LogP contribution in [0.4, 0.5) is 5.69 Å². The van der Waals surface area contributed by atoms with E-state index in [0.717, 1.165) is 22.0 Å². The Hall–Kier alpha value is -2.88. The monoisotopic (exact) mass is 306 g/mol.